The van der Waals surface area contributed by atoms with Gasteiger partial charge in [-0.05, 0) is 25.2 Å². The third kappa shape index (κ3) is 1.45. The van der Waals surface area contributed by atoms with Gasteiger partial charge in [0.25, 0.3) is 5.78 Å². The first kappa shape index (κ1) is 9.50. The Bertz CT molecular complexity index is 231. The van der Waals surface area contributed by atoms with Crippen LogP contribution in [0.3, 0.4) is 0 Å². The minimum atomic E-state index is 0.274. The van der Waals surface area contributed by atoms with Crippen molar-refractivity contribution in [3.8, 4) is 0 Å². The van der Waals surface area contributed by atoms with E-state index in [9.17, 15) is 4.79 Å². The molecule has 0 aromatic rings. The smallest absolute Gasteiger partial charge is 0.284 e. The lowest BCUT2D eigenvalue weighted by molar-refractivity contribution is 0.571. The summed E-state index contributed by atoms with van der Waals surface area (Å²) in [5, 5.41) is 0. The largest absolute Gasteiger partial charge is 0.294 e. The summed E-state index contributed by atoms with van der Waals surface area (Å²) in [4.78, 5) is 9.40. The highest BCUT2D eigenvalue weighted by Crippen LogP contribution is 2.59. The van der Waals surface area contributed by atoms with Gasteiger partial charge in [-0.3, -0.25) is 4.79 Å². The number of hydrogen-bond donors (Lipinski definition) is 0. The summed E-state index contributed by atoms with van der Waals surface area (Å²) in [6, 6.07) is 0. The zero-order valence-corrected chi connectivity index (χ0v) is 8.68. The maximum Gasteiger partial charge on any atom is 0.294 e. The van der Waals surface area contributed by atoms with Gasteiger partial charge in [-0.25, -0.2) is 0 Å². The second-order valence-electron chi connectivity index (χ2n) is 4.71. The molecule has 2 atom stereocenters. The SMILES string of the molecule is CC(=[OH+])[C@@H]1[C@@H](C=C(C)C)C1(C)C. The van der Waals surface area contributed by atoms with Gasteiger partial charge in [0.15, 0.2) is 0 Å². The molecule has 68 valence electrons. The molecule has 1 fully saturated rings. The number of rotatable bonds is 2. The van der Waals surface area contributed by atoms with Crippen LogP contribution in [0.4, 0.5) is 0 Å². The number of hydrogen-bond acceptors (Lipinski definition) is 0. The molecular formula is C11H19O+. The molecule has 0 saturated heterocycles. The van der Waals surface area contributed by atoms with Gasteiger partial charge < -0.3 is 0 Å². The lowest BCUT2D eigenvalue weighted by Crippen LogP contribution is -1.99. The highest BCUT2D eigenvalue weighted by atomic mass is 16.1. The van der Waals surface area contributed by atoms with Crippen molar-refractivity contribution >= 4 is 5.78 Å². The Morgan fingerprint density at radius 2 is 1.75 bits per heavy atom. The number of ketones is 1. The van der Waals surface area contributed by atoms with Crippen molar-refractivity contribution in [2.45, 2.75) is 34.6 Å². The molecule has 12 heavy (non-hydrogen) atoms. The molecule has 0 aromatic heterocycles. The molecule has 1 saturated carbocycles. The summed E-state index contributed by atoms with van der Waals surface area (Å²) in [7, 11) is 0. The summed E-state index contributed by atoms with van der Waals surface area (Å²) < 4.78 is 0. The van der Waals surface area contributed by atoms with Crippen molar-refractivity contribution in [2.75, 3.05) is 0 Å². The van der Waals surface area contributed by atoms with E-state index in [0.717, 1.165) is 0 Å². The molecule has 1 nitrogen and oxygen atoms in total. The zero-order chi connectivity index (χ0) is 9.52. The van der Waals surface area contributed by atoms with E-state index in [1.807, 2.05) is 6.92 Å². The van der Waals surface area contributed by atoms with Crippen LogP contribution in [-0.2, 0) is 0 Å². The zero-order valence-electron chi connectivity index (χ0n) is 8.68. The molecule has 1 rings (SSSR count). The fourth-order valence-corrected chi connectivity index (χ4v) is 2.15. The molecule has 0 spiro atoms. The van der Waals surface area contributed by atoms with Gasteiger partial charge in [0, 0.05) is 6.92 Å². The van der Waals surface area contributed by atoms with Crippen molar-refractivity contribution in [2.24, 2.45) is 17.3 Å². The Hall–Kier alpha value is -0.590. The van der Waals surface area contributed by atoms with Crippen LogP contribution in [0.1, 0.15) is 34.6 Å². The van der Waals surface area contributed by atoms with E-state index < -0.39 is 0 Å². The summed E-state index contributed by atoms with van der Waals surface area (Å²) in [6.45, 7) is 10.4. The Kier molecular flexibility index (Phi) is 2.15. The third-order valence-electron chi connectivity index (χ3n) is 2.87. The fourth-order valence-electron chi connectivity index (χ4n) is 2.15. The van der Waals surface area contributed by atoms with Gasteiger partial charge >= 0.3 is 0 Å². The molecule has 0 aliphatic heterocycles. The van der Waals surface area contributed by atoms with Crippen LogP contribution in [0.5, 0.6) is 0 Å². The molecule has 1 aliphatic carbocycles. The molecule has 1 aliphatic rings. The summed E-state index contributed by atoms with van der Waals surface area (Å²) in [5.41, 5.74) is 1.62. The monoisotopic (exact) mass is 167 g/mol. The Balaban J connectivity index is 2.73. The van der Waals surface area contributed by atoms with Crippen LogP contribution >= 0.6 is 0 Å². The molecule has 0 heterocycles. The Morgan fingerprint density at radius 1 is 1.25 bits per heavy atom. The fraction of sp³-hybridized carbons (Fsp3) is 0.727. The maximum atomic E-state index is 9.40. The van der Waals surface area contributed by atoms with E-state index in [0.29, 0.717) is 17.6 Å². The van der Waals surface area contributed by atoms with E-state index in [1.165, 1.54) is 5.57 Å². The van der Waals surface area contributed by atoms with Crippen LogP contribution < -0.4 is 0 Å². The van der Waals surface area contributed by atoms with Gasteiger partial charge in [-0.2, -0.15) is 0 Å². The van der Waals surface area contributed by atoms with Crippen LogP contribution in [0.25, 0.3) is 0 Å². The molecule has 1 heteroatoms. The van der Waals surface area contributed by atoms with Gasteiger partial charge in [0.2, 0.25) is 0 Å². The predicted molar refractivity (Wildman–Crippen MR) is 52.8 cm³/mol. The lowest BCUT2D eigenvalue weighted by atomic mass is 10.1. The van der Waals surface area contributed by atoms with Gasteiger partial charge in [-0.1, -0.05) is 25.5 Å². The lowest BCUT2D eigenvalue weighted by Gasteiger charge is -1.96. The molecule has 1 N–H and O–H groups in total. The molecule has 0 aromatic carbocycles. The van der Waals surface area contributed by atoms with E-state index >= 15 is 0 Å². The standard InChI is InChI=1S/C11H18O/c1-7(2)6-9-10(8(3)12)11(9,4)5/h6,9-10H,1-5H3/p+1/t9-,10-/m1/s1. The van der Waals surface area contributed by atoms with Crippen molar-refractivity contribution in [1.82, 2.24) is 0 Å². The van der Waals surface area contributed by atoms with Crippen molar-refractivity contribution < 1.29 is 4.79 Å². The normalized spacial score (nSPS) is 31.1. The van der Waals surface area contributed by atoms with E-state index in [1.54, 1.807) is 0 Å². The van der Waals surface area contributed by atoms with Crippen LogP contribution in [0, 0.1) is 17.3 Å². The van der Waals surface area contributed by atoms with Crippen LogP contribution in [-0.4, -0.2) is 10.6 Å². The van der Waals surface area contributed by atoms with Crippen LogP contribution in [0.2, 0.25) is 0 Å². The molecule has 0 radical (unpaired) electrons. The number of carbonyl (C=O) groups excluding carboxylic acids is 1. The summed E-state index contributed by atoms with van der Waals surface area (Å²) >= 11 is 0. The summed E-state index contributed by atoms with van der Waals surface area (Å²) in [5.74, 6) is 1.52. The first-order chi connectivity index (χ1) is 5.37. The third-order valence-corrected chi connectivity index (χ3v) is 2.87. The average molecular weight is 167 g/mol. The van der Waals surface area contributed by atoms with Gasteiger partial charge in [-0.15, -0.1) is 0 Å². The minimum Gasteiger partial charge on any atom is -0.284 e. The van der Waals surface area contributed by atoms with Gasteiger partial charge in [0.05, 0.1) is 5.92 Å². The summed E-state index contributed by atoms with van der Waals surface area (Å²) in [6.07, 6.45) is 2.27. The first-order valence-corrected chi connectivity index (χ1v) is 4.54. The van der Waals surface area contributed by atoms with Crippen LogP contribution in [0.15, 0.2) is 11.6 Å². The van der Waals surface area contributed by atoms with Gasteiger partial charge in [0.1, 0.15) is 0 Å². The van der Waals surface area contributed by atoms with E-state index in [4.69, 9.17) is 0 Å². The predicted octanol–water partition coefficient (Wildman–Crippen LogP) is 2.79. The van der Waals surface area contributed by atoms with Crippen molar-refractivity contribution in [3.05, 3.63) is 11.6 Å². The maximum absolute atomic E-state index is 9.40. The van der Waals surface area contributed by atoms with E-state index in [2.05, 4.69) is 33.8 Å². The average Bonchev–Trinajstić information content (AvgIpc) is 2.32. The number of allylic oxidation sites excluding steroid dienone is 2. The molecule has 0 amide bonds. The van der Waals surface area contributed by atoms with E-state index in [-0.39, 0.29) is 5.41 Å². The highest BCUT2D eigenvalue weighted by Gasteiger charge is 2.61. The minimum absolute atomic E-state index is 0.274. The second kappa shape index (κ2) is 2.72. The molecule has 0 unspecified atom stereocenters. The quantitative estimate of drug-likeness (QED) is 0.445. The Morgan fingerprint density at radius 3 is 2.00 bits per heavy atom. The van der Waals surface area contributed by atoms with Crippen molar-refractivity contribution in [3.63, 3.8) is 0 Å². The first-order valence-electron chi connectivity index (χ1n) is 4.54. The molecular weight excluding hydrogens is 148 g/mol. The molecule has 0 bridgehead atoms. The topological polar surface area (TPSA) is 21.4 Å². The highest BCUT2D eigenvalue weighted by molar-refractivity contribution is 5.84. The van der Waals surface area contributed by atoms with Crippen molar-refractivity contribution in [1.29, 1.82) is 0 Å². The second-order valence-corrected chi connectivity index (χ2v) is 4.71. The Labute approximate surface area is 74.9 Å².